The quantitative estimate of drug-likeness (QED) is 0.808. The van der Waals surface area contributed by atoms with Crippen LogP contribution >= 0.6 is 22.7 Å². The van der Waals surface area contributed by atoms with Gasteiger partial charge in [0.25, 0.3) is 5.91 Å². The Labute approximate surface area is 123 Å². The zero-order chi connectivity index (χ0) is 14.5. The summed E-state index contributed by atoms with van der Waals surface area (Å²) in [7, 11) is 1.19. The smallest absolute Gasteiger partial charge is 0.330 e. The highest BCUT2D eigenvalue weighted by atomic mass is 32.1. The van der Waals surface area contributed by atoms with Crippen LogP contribution in [0.25, 0.3) is 10.6 Å². The van der Waals surface area contributed by atoms with E-state index in [-0.39, 0.29) is 5.69 Å². The summed E-state index contributed by atoms with van der Waals surface area (Å²) in [6.45, 7) is -0.528. The second-order valence-corrected chi connectivity index (χ2v) is 5.42. The Hall–Kier alpha value is -1.77. The lowest BCUT2D eigenvalue weighted by Crippen LogP contribution is -2.44. The van der Waals surface area contributed by atoms with Crippen molar-refractivity contribution in [3.63, 3.8) is 0 Å². The number of hydrogen-bond donors (Lipinski definition) is 2. The maximum Gasteiger partial charge on any atom is 0.330 e. The van der Waals surface area contributed by atoms with E-state index in [0.717, 1.165) is 10.6 Å². The number of thiophene rings is 1. The van der Waals surface area contributed by atoms with Gasteiger partial charge in [0.15, 0.2) is 6.04 Å². The fourth-order valence-corrected chi connectivity index (χ4v) is 2.96. The number of nitrogens with one attached hydrogen (secondary N) is 1. The van der Waals surface area contributed by atoms with Gasteiger partial charge < -0.3 is 15.2 Å². The highest BCUT2D eigenvalue weighted by Gasteiger charge is 2.22. The van der Waals surface area contributed by atoms with E-state index in [1.165, 1.54) is 18.4 Å². The highest BCUT2D eigenvalue weighted by Crippen LogP contribution is 2.25. The predicted molar refractivity (Wildman–Crippen MR) is 75.8 cm³/mol. The first-order chi connectivity index (χ1) is 9.65. The topological polar surface area (TPSA) is 88.5 Å². The van der Waals surface area contributed by atoms with Crippen molar-refractivity contribution in [2.24, 2.45) is 0 Å². The van der Waals surface area contributed by atoms with Crippen LogP contribution in [0.4, 0.5) is 0 Å². The molecule has 0 aromatic carbocycles. The molecule has 0 unspecified atom stereocenters. The SMILES string of the molecule is COC(=O)[C@H](CO)NC(=O)c1csc(-c2ccsc2)n1. The lowest BCUT2D eigenvalue weighted by molar-refractivity contribution is -0.143. The first-order valence-electron chi connectivity index (χ1n) is 5.63. The van der Waals surface area contributed by atoms with Gasteiger partial charge in [-0.2, -0.15) is 11.3 Å². The minimum atomic E-state index is -1.08. The van der Waals surface area contributed by atoms with Crippen LogP contribution in [0.5, 0.6) is 0 Å². The number of carbonyl (C=O) groups excluding carboxylic acids is 2. The molecule has 2 N–H and O–H groups in total. The molecule has 1 amide bonds. The number of aromatic nitrogens is 1. The highest BCUT2D eigenvalue weighted by molar-refractivity contribution is 7.14. The molecule has 0 bridgehead atoms. The Morgan fingerprint density at radius 3 is 2.90 bits per heavy atom. The van der Waals surface area contributed by atoms with Gasteiger partial charge in [-0.1, -0.05) is 0 Å². The number of amides is 1. The minimum absolute atomic E-state index is 0.207. The molecule has 8 heteroatoms. The Morgan fingerprint density at radius 2 is 2.30 bits per heavy atom. The summed E-state index contributed by atoms with van der Waals surface area (Å²) in [5, 5.41) is 17.6. The summed E-state index contributed by atoms with van der Waals surface area (Å²) < 4.78 is 4.47. The number of aliphatic hydroxyl groups is 1. The van der Waals surface area contributed by atoms with E-state index in [2.05, 4.69) is 15.0 Å². The largest absolute Gasteiger partial charge is 0.467 e. The van der Waals surface area contributed by atoms with E-state index in [9.17, 15) is 9.59 Å². The van der Waals surface area contributed by atoms with Crippen molar-refractivity contribution in [2.45, 2.75) is 6.04 Å². The normalized spacial score (nSPS) is 11.9. The number of esters is 1. The number of nitrogens with zero attached hydrogens (tertiary/aromatic N) is 1. The lowest BCUT2D eigenvalue weighted by atomic mass is 10.3. The van der Waals surface area contributed by atoms with E-state index in [4.69, 9.17) is 5.11 Å². The third-order valence-electron chi connectivity index (χ3n) is 2.48. The number of carbonyl (C=O) groups is 2. The zero-order valence-electron chi connectivity index (χ0n) is 10.5. The van der Waals surface area contributed by atoms with Gasteiger partial charge in [0.2, 0.25) is 0 Å². The van der Waals surface area contributed by atoms with Gasteiger partial charge in [0.1, 0.15) is 10.7 Å². The van der Waals surface area contributed by atoms with Crippen LogP contribution in [0.2, 0.25) is 0 Å². The van der Waals surface area contributed by atoms with Gasteiger partial charge in [0, 0.05) is 16.3 Å². The van der Waals surface area contributed by atoms with Crippen molar-refractivity contribution >= 4 is 34.6 Å². The van der Waals surface area contributed by atoms with Crippen LogP contribution in [-0.2, 0) is 9.53 Å². The van der Waals surface area contributed by atoms with Crippen molar-refractivity contribution < 1.29 is 19.4 Å². The van der Waals surface area contributed by atoms with Crippen LogP contribution in [0.15, 0.2) is 22.2 Å². The van der Waals surface area contributed by atoms with Crippen molar-refractivity contribution in [1.29, 1.82) is 0 Å². The number of thiazole rings is 1. The molecule has 0 saturated heterocycles. The Bertz CT molecular complexity index is 594. The number of aliphatic hydroxyl groups excluding tert-OH is 1. The van der Waals surface area contributed by atoms with Gasteiger partial charge in [-0.05, 0) is 11.4 Å². The van der Waals surface area contributed by atoms with Crippen LogP contribution in [0.1, 0.15) is 10.5 Å². The summed E-state index contributed by atoms with van der Waals surface area (Å²) in [6, 6.07) is 0.828. The molecule has 2 rings (SSSR count). The average molecular weight is 312 g/mol. The maximum absolute atomic E-state index is 11.9. The van der Waals surface area contributed by atoms with Crippen molar-refractivity contribution in [1.82, 2.24) is 10.3 Å². The average Bonchev–Trinajstić information content (AvgIpc) is 3.13. The monoisotopic (exact) mass is 312 g/mol. The predicted octanol–water partition coefficient (Wildman–Crippen LogP) is 1.14. The van der Waals surface area contributed by atoms with Crippen LogP contribution in [0, 0.1) is 0 Å². The molecule has 1 atom stereocenters. The molecule has 0 radical (unpaired) electrons. The molecule has 20 heavy (non-hydrogen) atoms. The lowest BCUT2D eigenvalue weighted by Gasteiger charge is -2.12. The fourth-order valence-electron chi connectivity index (χ4n) is 1.45. The molecule has 0 spiro atoms. The van der Waals surface area contributed by atoms with Crippen molar-refractivity contribution in [2.75, 3.05) is 13.7 Å². The third kappa shape index (κ3) is 3.21. The van der Waals surface area contributed by atoms with Gasteiger partial charge >= 0.3 is 5.97 Å². The molecular weight excluding hydrogens is 300 g/mol. The molecule has 0 saturated carbocycles. The minimum Gasteiger partial charge on any atom is -0.467 e. The van der Waals surface area contributed by atoms with E-state index in [1.54, 1.807) is 16.7 Å². The zero-order valence-corrected chi connectivity index (χ0v) is 12.2. The summed E-state index contributed by atoms with van der Waals surface area (Å²) in [5.74, 6) is -1.22. The molecule has 0 aliphatic rings. The molecule has 2 aromatic rings. The number of hydrogen-bond acceptors (Lipinski definition) is 7. The number of methoxy groups -OCH3 is 1. The molecule has 0 aliphatic carbocycles. The number of rotatable bonds is 5. The molecule has 2 heterocycles. The summed E-state index contributed by atoms with van der Waals surface area (Å²) in [4.78, 5) is 27.4. The second-order valence-electron chi connectivity index (χ2n) is 3.78. The Kier molecular flexibility index (Phi) is 4.83. The summed E-state index contributed by atoms with van der Waals surface area (Å²) in [5.41, 5.74) is 1.16. The summed E-state index contributed by atoms with van der Waals surface area (Å²) in [6.07, 6.45) is 0. The van der Waals surface area contributed by atoms with Crippen LogP contribution in [0.3, 0.4) is 0 Å². The summed E-state index contributed by atoms with van der Waals surface area (Å²) >= 11 is 2.89. The third-order valence-corrected chi connectivity index (χ3v) is 4.05. The van der Waals surface area contributed by atoms with E-state index < -0.39 is 24.5 Å². The number of ether oxygens (including phenoxy) is 1. The molecule has 106 valence electrons. The van der Waals surface area contributed by atoms with Crippen molar-refractivity contribution in [3.05, 3.63) is 27.9 Å². The van der Waals surface area contributed by atoms with Gasteiger partial charge in [-0.15, -0.1) is 11.3 Å². The van der Waals surface area contributed by atoms with E-state index in [1.807, 2.05) is 16.8 Å². The van der Waals surface area contributed by atoms with E-state index >= 15 is 0 Å². The Morgan fingerprint density at radius 1 is 1.50 bits per heavy atom. The van der Waals surface area contributed by atoms with Gasteiger partial charge in [0.05, 0.1) is 13.7 Å². The Balaban J connectivity index is 2.08. The van der Waals surface area contributed by atoms with Crippen molar-refractivity contribution in [3.8, 4) is 10.6 Å². The molecule has 0 aliphatic heterocycles. The fraction of sp³-hybridized carbons (Fsp3) is 0.250. The molecule has 6 nitrogen and oxygen atoms in total. The molecule has 2 aromatic heterocycles. The van der Waals surface area contributed by atoms with Gasteiger partial charge in [-0.25, -0.2) is 9.78 Å². The second kappa shape index (κ2) is 6.60. The van der Waals surface area contributed by atoms with Crippen LogP contribution in [-0.4, -0.2) is 41.7 Å². The van der Waals surface area contributed by atoms with E-state index in [0.29, 0.717) is 0 Å². The van der Waals surface area contributed by atoms with Gasteiger partial charge in [-0.3, -0.25) is 4.79 Å². The van der Waals surface area contributed by atoms with Crippen LogP contribution < -0.4 is 5.32 Å². The first-order valence-corrected chi connectivity index (χ1v) is 7.45. The maximum atomic E-state index is 11.9. The molecular formula is C12H12N2O4S2. The first kappa shape index (κ1) is 14.6. The molecule has 0 fully saturated rings. The standard InChI is InChI=1S/C12H12N2O4S2/c1-18-12(17)8(4-15)13-10(16)9-6-20-11(14-9)7-2-3-19-5-7/h2-3,5-6,8,15H,4H2,1H3,(H,13,16)/t8-/m0/s1.